The first kappa shape index (κ1) is 22.9. The zero-order chi connectivity index (χ0) is 22.5. The molecule has 2 fully saturated rings. The molecule has 8 nitrogen and oxygen atoms in total. The number of ether oxygens (including phenoxy) is 1. The molecule has 2 unspecified atom stereocenters. The normalized spacial score (nSPS) is 23.9. The van der Waals surface area contributed by atoms with Crippen molar-refractivity contribution in [3.05, 3.63) is 42.4 Å². The van der Waals surface area contributed by atoms with Gasteiger partial charge in [0.25, 0.3) is 0 Å². The second-order valence-electron chi connectivity index (χ2n) is 7.51. The predicted molar refractivity (Wildman–Crippen MR) is 99.6 cm³/mol. The Morgan fingerprint density at radius 1 is 1.35 bits per heavy atom. The highest BCUT2D eigenvalue weighted by atomic mass is 19.4. The molecule has 0 radical (unpaired) electrons. The van der Waals surface area contributed by atoms with Crippen molar-refractivity contribution in [2.45, 2.75) is 43.6 Å². The van der Waals surface area contributed by atoms with E-state index in [1.807, 2.05) is 6.07 Å². The maximum atomic E-state index is 12.9. The molecule has 170 valence electrons. The summed E-state index contributed by atoms with van der Waals surface area (Å²) >= 11 is 0. The number of halogens is 4. The van der Waals surface area contributed by atoms with Gasteiger partial charge in [0.15, 0.2) is 5.82 Å². The Morgan fingerprint density at radius 2 is 2.06 bits per heavy atom. The third-order valence-electron chi connectivity index (χ3n) is 5.01. The van der Waals surface area contributed by atoms with Crippen LogP contribution in [-0.4, -0.2) is 63.5 Å². The molecule has 0 aromatic carbocycles. The van der Waals surface area contributed by atoms with Crippen LogP contribution in [0.4, 0.5) is 23.5 Å². The smallest absolute Gasteiger partial charge is 0.475 e. The van der Waals surface area contributed by atoms with Gasteiger partial charge in [-0.3, -0.25) is 4.90 Å². The van der Waals surface area contributed by atoms with Crippen LogP contribution >= 0.6 is 0 Å². The molecular formula is C19H22F4N4O4. The molecule has 2 atom stereocenters. The van der Waals surface area contributed by atoms with Crippen LogP contribution in [0.3, 0.4) is 0 Å². The molecule has 0 aliphatic carbocycles. The molecule has 0 saturated carbocycles. The van der Waals surface area contributed by atoms with Crippen LogP contribution < -0.4 is 5.32 Å². The summed E-state index contributed by atoms with van der Waals surface area (Å²) in [6, 6.07) is 2.16. The average Bonchev–Trinajstić information content (AvgIpc) is 3.34. The summed E-state index contributed by atoms with van der Waals surface area (Å²) in [5, 5.41) is 10.4. The van der Waals surface area contributed by atoms with Gasteiger partial charge in [-0.15, -0.1) is 0 Å². The third kappa shape index (κ3) is 6.62. The standard InChI is InChI=1S/C17H21FN4O2.C2HF3O2/c18-14-7-19-16(20-8-14)21-15-6-17(24-11-15)3-1-4-22(12-17)9-13-2-5-23-10-13;3-2(4,5)1(6)7/h2,5,7-8,10,15H,1,3-4,6,9,11-12H2,(H,19,20,21);(H,6,7). The van der Waals surface area contributed by atoms with Crippen molar-refractivity contribution in [3.63, 3.8) is 0 Å². The SMILES string of the molecule is Fc1cnc(NC2COC3(CCCN(Cc4ccoc4)C3)C2)nc1.O=C(O)C(F)(F)F. The molecule has 0 amide bonds. The summed E-state index contributed by atoms with van der Waals surface area (Å²) in [5.74, 6) is -2.73. The van der Waals surface area contributed by atoms with E-state index in [9.17, 15) is 17.6 Å². The Hall–Kier alpha value is -2.73. The lowest BCUT2D eigenvalue weighted by Gasteiger charge is -2.39. The first-order valence-electron chi connectivity index (χ1n) is 9.57. The van der Waals surface area contributed by atoms with Crippen LogP contribution in [0.25, 0.3) is 0 Å². The number of likely N-dealkylation sites (tertiary alicyclic amines) is 1. The van der Waals surface area contributed by atoms with E-state index in [-0.39, 0.29) is 11.6 Å². The molecule has 0 bridgehead atoms. The summed E-state index contributed by atoms with van der Waals surface area (Å²) < 4.78 is 56.0. The van der Waals surface area contributed by atoms with E-state index in [2.05, 4.69) is 20.2 Å². The number of carbonyl (C=O) groups is 1. The Balaban J connectivity index is 0.000000339. The Labute approximate surface area is 175 Å². The molecule has 1 spiro atoms. The van der Waals surface area contributed by atoms with E-state index in [4.69, 9.17) is 19.1 Å². The number of nitrogens with one attached hydrogen (secondary N) is 1. The Bertz CT molecular complexity index is 848. The first-order valence-corrected chi connectivity index (χ1v) is 9.57. The molecule has 31 heavy (non-hydrogen) atoms. The van der Waals surface area contributed by atoms with Gasteiger partial charge >= 0.3 is 12.1 Å². The summed E-state index contributed by atoms with van der Waals surface area (Å²) in [4.78, 5) is 19.3. The highest BCUT2D eigenvalue weighted by molar-refractivity contribution is 5.73. The lowest BCUT2D eigenvalue weighted by Crippen LogP contribution is -2.47. The van der Waals surface area contributed by atoms with Gasteiger partial charge in [0, 0.05) is 25.1 Å². The van der Waals surface area contributed by atoms with Crippen LogP contribution in [0.15, 0.2) is 35.4 Å². The summed E-state index contributed by atoms with van der Waals surface area (Å²) in [6.07, 6.45) is 3.88. The van der Waals surface area contributed by atoms with Crippen molar-refractivity contribution in [2.75, 3.05) is 25.0 Å². The van der Waals surface area contributed by atoms with Gasteiger partial charge in [-0.2, -0.15) is 13.2 Å². The van der Waals surface area contributed by atoms with E-state index in [0.29, 0.717) is 12.6 Å². The van der Waals surface area contributed by atoms with Crippen molar-refractivity contribution in [1.29, 1.82) is 0 Å². The van der Waals surface area contributed by atoms with Gasteiger partial charge in [0.05, 0.1) is 43.2 Å². The van der Waals surface area contributed by atoms with Crippen molar-refractivity contribution < 1.29 is 36.6 Å². The van der Waals surface area contributed by atoms with E-state index < -0.39 is 18.0 Å². The number of anilines is 1. The van der Waals surface area contributed by atoms with Crippen molar-refractivity contribution >= 4 is 11.9 Å². The minimum Gasteiger partial charge on any atom is -0.475 e. The fourth-order valence-electron chi connectivity index (χ4n) is 3.76. The second-order valence-corrected chi connectivity index (χ2v) is 7.51. The second kappa shape index (κ2) is 9.60. The topological polar surface area (TPSA) is 101 Å². The quantitative estimate of drug-likeness (QED) is 0.692. The first-order chi connectivity index (χ1) is 14.7. The fraction of sp³-hybridized carbons (Fsp3) is 0.526. The van der Waals surface area contributed by atoms with E-state index in [1.54, 1.807) is 12.5 Å². The highest BCUT2D eigenvalue weighted by Gasteiger charge is 2.43. The number of rotatable bonds is 4. The number of aromatic nitrogens is 2. The van der Waals surface area contributed by atoms with Gasteiger partial charge < -0.3 is 19.6 Å². The molecular weight excluding hydrogens is 424 g/mol. The van der Waals surface area contributed by atoms with Crippen molar-refractivity contribution in [3.8, 4) is 0 Å². The monoisotopic (exact) mass is 446 g/mol. The van der Waals surface area contributed by atoms with Crippen LogP contribution in [0.2, 0.25) is 0 Å². The third-order valence-corrected chi connectivity index (χ3v) is 5.01. The Kier molecular flexibility index (Phi) is 7.11. The van der Waals surface area contributed by atoms with Gasteiger partial charge in [-0.25, -0.2) is 19.2 Å². The zero-order valence-electron chi connectivity index (χ0n) is 16.4. The summed E-state index contributed by atoms with van der Waals surface area (Å²) in [5.41, 5.74) is 1.08. The number of nitrogens with zero attached hydrogens (tertiary/aromatic N) is 3. The molecule has 4 rings (SSSR count). The van der Waals surface area contributed by atoms with Gasteiger partial charge in [-0.1, -0.05) is 0 Å². The molecule has 12 heteroatoms. The minimum absolute atomic E-state index is 0.111. The minimum atomic E-state index is -5.08. The Morgan fingerprint density at radius 3 is 2.68 bits per heavy atom. The van der Waals surface area contributed by atoms with Crippen LogP contribution in [0.1, 0.15) is 24.8 Å². The van der Waals surface area contributed by atoms with Crippen molar-refractivity contribution in [1.82, 2.24) is 14.9 Å². The van der Waals surface area contributed by atoms with Gasteiger partial charge in [0.1, 0.15) is 0 Å². The molecule has 2 aliphatic rings. The van der Waals surface area contributed by atoms with Gasteiger partial charge in [0.2, 0.25) is 5.95 Å². The molecule has 2 saturated heterocycles. The van der Waals surface area contributed by atoms with E-state index >= 15 is 0 Å². The van der Waals surface area contributed by atoms with E-state index in [0.717, 1.165) is 38.9 Å². The number of furan rings is 1. The largest absolute Gasteiger partial charge is 0.490 e. The molecule has 2 N–H and O–H groups in total. The number of carboxylic acid groups (broad SMARTS) is 1. The number of hydrogen-bond donors (Lipinski definition) is 2. The summed E-state index contributed by atoms with van der Waals surface area (Å²) in [7, 11) is 0. The van der Waals surface area contributed by atoms with Crippen LogP contribution in [-0.2, 0) is 16.1 Å². The zero-order valence-corrected chi connectivity index (χ0v) is 16.4. The highest BCUT2D eigenvalue weighted by Crippen LogP contribution is 2.36. The number of aliphatic carboxylic acids is 1. The fourth-order valence-corrected chi connectivity index (χ4v) is 3.76. The number of piperidine rings is 1. The molecule has 4 heterocycles. The summed E-state index contributed by atoms with van der Waals surface area (Å²) in [6.45, 7) is 3.51. The number of carboxylic acids is 1. The number of alkyl halides is 3. The average molecular weight is 446 g/mol. The van der Waals surface area contributed by atoms with Crippen molar-refractivity contribution in [2.24, 2.45) is 0 Å². The maximum Gasteiger partial charge on any atom is 0.490 e. The van der Waals surface area contributed by atoms with Crippen LogP contribution in [0, 0.1) is 5.82 Å². The number of hydrogen-bond acceptors (Lipinski definition) is 7. The predicted octanol–water partition coefficient (Wildman–Crippen LogP) is 3.08. The van der Waals surface area contributed by atoms with Gasteiger partial charge in [-0.05, 0) is 25.5 Å². The molecule has 2 aromatic heterocycles. The molecule has 2 aromatic rings. The molecule has 2 aliphatic heterocycles. The van der Waals surface area contributed by atoms with Crippen LogP contribution in [0.5, 0.6) is 0 Å². The lowest BCUT2D eigenvalue weighted by atomic mass is 9.88. The van der Waals surface area contributed by atoms with E-state index in [1.165, 1.54) is 18.0 Å². The maximum absolute atomic E-state index is 12.9. The lowest BCUT2D eigenvalue weighted by molar-refractivity contribution is -0.192.